The van der Waals surface area contributed by atoms with Crippen molar-refractivity contribution in [3.63, 3.8) is 0 Å². The highest BCUT2D eigenvalue weighted by atomic mass is 16.2. The lowest BCUT2D eigenvalue weighted by atomic mass is 10.3. The molecule has 0 spiro atoms. The molecule has 0 N–H and O–H groups in total. The summed E-state index contributed by atoms with van der Waals surface area (Å²) in [6, 6.07) is 0. The SMILES string of the molecule is CCn1cc(CN2CCCN(C(=O)CCn3cnnc3)CC2)cn1. The minimum absolute atomic E-state index is 0.212. The highest BCUT2D eigenvalue weighted by Crippen LogP contribution is 2.10. The van der Waals surface area contributed by atoms with Crippen LogP contribution < -0.4 is 0 Å². The molecule has 0 aliphatic carbocycles. The van der Waals surface area contributed by atoms with Gasteiger partial charge in [-0.15, -0.1) is 10.2 Å². The first-order chi connectivity index (χ1) is 11.7. The molecule has 1 aliphatic heterocycles. The molecule has 0 unspecified atom stereocenters. The first kappa shape index (κ1) is 16.6. The topological polar surface area (TPSA) is 72.1 Å². The lowest BCUT2D eigenvalue weighted by Crippen LogP contribution is -2.35. The average Bonchev–Trinajstić information content (AvgIpc) is 3.21. The van der Waals surface area contributed by atoms with Gasteiger partial charge in [-0.1, -0.05) is 0 Å². The van der Waals surface area contributed by atoms with Crippen molar-refractivity contribution < 1.29 is 4.79 Å². The zero-order valence-electron chi connectivity index (χ0n) is 14.2. The van der Waals surface area contributed by atoms with Crippen molar-refractivity contribution in [1.82, 2.24) is 34.3 Å². The van der Waals surface area contributed by atoms with Crippen LogP contribution in [0.5, 0.6) is 0 Å². The minimum Gasteiger partial charge on any atom is -0.341 e. The predicted octanol–water partition coefficient (Wildman–Crippen LogP) is 0.619. The second-order valence-electron chi connectivity index (χ2n) is 6.16. The van der Waals surface area contributed by atoms with Gasteiger partial charge in [0.05, 0.1) is 6.20 Å². The van der Waals surface area contributed by atoms with Gasteiger partial charge < -0.3 is 9.47 Å². The van der Waals surface area contributed by atoms with Gasteiger partial charge in [-0.2, -0.15) is 5.10 Å². The number of nitrogens with zero attached hydrogens (tertiary/aromatic N) is 7. The van der Waals surface area contributed by atoms with Gasteiger partial charge in [0.25, 0.3) is 0 Å². The molecule has 130 valence electrons. The fourth-order valence-electron chi connectivity index (χ4n) is 3.02. The molecule has 8 nitrogen and oxygen atoms in total. The lowest BCUT2D eigenvalue weighted by Gasteiger charge is -2.21. The van der Waals surface area contributed by atoms with E-state index in [2.05, 4.69) is 33.3 Å². The first-order valence-electron chi connectivity index (χ1n) is 8.58. The summed E-state index contributed by atoms with van der Waals surface area (Å²) in [6.45, 7) is 8.10. The van der Waals surface area contributed by atoms with Crippen LogP contribution in [0.15, 0.2) is 25.0 Å². The van der Waals surface area contributed by atoms with Gasteiger partial charge in [0.15, 0.2) is 0 Å². The zero-order valence-corrected chi connectivity index (χ0v) is 14.2. The van der Waals surface area contributed by atoms with Crippen LogP contribution in [-0.2, 0) is 24.4 Å². The molecule has 0 bridgehead atoms. The molecule has 1 saturated heterocycles. The van der Waals surface area contributed by atoms with Crippen molar-refractivity contribution in [2.45, 2.75) is 39.4 Å². The van der Waals surface area contributed by atoms with Gasteiger partial charge in [0, 0.05) is 64.0 Å². The summed E-state index contributed by atoms with van der Waals surface area (Å²) < 4.78 is 3.79. The van der Waals surface area contributed by atoms with E-state index in [0.717, 1.165) is 45.7 Å². The Morgan fingerprint density at radius 1 is 1.17 bits per heavy atom. The van der Waals surface area contributed by atoms with E-state index in [1.807, 2.05) is 20.3 Å². The fourth-order valence-corrected chi connectivity index (χ4v) is 3.02. The van der Waals surface area contributed by atoms with Gasteiger partial charge in [-0.05, 0) is 13.3 Å². The number of carbonyl (C=O) groups excluding carboxylic acids is 1. The van der Waals surface area contributed by atoms with Crippen LogP contribution in [0.25, 0.3) is 0 Å². The van der Waals surface area contributed by atoms with Crippen molar-refractivity contribution in [3.05, 3.63) is 30.6 Å². The highest BCUT2D eigenvalue weighted by molar-refractivity contribution is 5.76. The van der Waals surface area contributed by atoms with E-state index >= 15 is 0 Å². The Hall–Kier alpha value is -2.22. The van der Waals surface area contributed by atoms with E-state index in [-0.39, 0.29) is 5.91 Å². The van der Waals surface area contributed by atoms with E-state index in [9.17, 15) is 4.79 Å². The number of hydrogen-bond donors (Lipinski definition) is 0. The van der Waals surface area contributed by atoms with E-state index in [0.29, 0.717) is 13.0 Å². The lowest BCUT2D eigenvalue weighted by molar-refractivity contribution is -0.131. The summed E-state index contributed by atoms with van der Waals surface area (Å²) in [5.41, 5.74) is 1.24. The van der Waals surface area contributed by atoms with Crippen LogP contribution in [0.1, 0.15) is 25.3 Å². The summed E-state index contributed by atoms with van der Waals surface area (Å²) >= 11 is 0. The Labute approximate surface area is 142 Å². The third-order valence-electron chi connectivity index (χ3n) is 4.41. The maximum absolute atomic E-state index is 12.4. The molecule has 3 rings (SSSR count). The van der Waals surface area contributed by atoms with E-state index in [4.69, 9.17) is 0 Å². The number of rotatable bonds is 6. The maximum atomic E-state index is 12.4. The highest BCUT2D eigenvalue weighted by Gasteiger charge is 2.19. The Bertz CT molecular complexity index is 637. The van der Waals surface area contributed by atoms with Crippen molar-refractivity contribution >= 4 is 5.91 Å². The molecule has 2 aromatic heterocycles. The molecule has 0 saturated carbocycles. The van der Waals surface area contributed by atoms with E-state index in [1.54, 1.807) is 12.7 Å². The maximum Gasteiger partial charge on any atom is 0.224 e. The number of carbonyl (C=O) groups is 1. The number of aryl methyl sites for hydroxylation is 2. The van der Waals surface area contributed by atoms with Crippen LogP contribution in [0.2, 0.25) is 0 Å². The van der Waals surface area contributed by atoms with Crippen LogP contribution in [0, 0.1) is 0 Å². The average molecular weight is 331 g/mol. The second kappa shape index (κ2) is 8.05. The van der Waals surface area contributed by atoms with Crippen LogP contribution in [-0.4, -0.2) is 66.4 Å². The normalized spacial score (nSPS) is 16.3. The predicted molar refractivity (Wildman–Crippen MR) is 89.0 cm³/mol. The molecule has 0 aromatic carbocycles. The number of hydrogen-bond acceptors (Lipinski definition) is 5. The molecule has 1 amide bonds. The van der Waals surface area contributed by atoms with Crippen LogP contribution in [0.3, 0.4) is 0 Å². The van der Waals surface area contributed by atoms with Gasteiger partial charge in [-0.3, -0.25) is 14.4 Å². The third-order valence-corrected chi connectivity index (χ3v) is 4.41. The van der Waals surface area contributed by atoms with Crippen molar-refractivity contribution in [2.75, 3.05) is 26.2 Å². The van der Waals surface area contributed by atoms with E-state index < -0.39 is 0 Å². The summed E-state index contributed by atoms with van der Waals surface area (Å²) in [5, 5.41) is 11.8. The molecule has 0 radical (unpaired) electrons. The first-order valence-corrected chi connectivity index (χ1v) is 8.58. The largest absolute Gasteiger partial charge is 0.341 e. The molecule has 2 aromatic rings. The Morgan fingerprint density at radius 3 is 2.75 bits per heavy atom. The quantitative estimate of drug-likeness (QED) is 0.776. The molecule has 1 aliphatic rings. The van der Waals surface area contributed by atoms with Gasteiger partial charge >= 0.3 is 0 Å². The van der Waals surface area contributed by atoms with Crippen LogP contribution >= 0.6 is 0 Å². The summed E-state index contributed by atoms with van der Waals surface area (Å²) in [5.74, 6) is 0.212. The fraction of sp³-hybridized carbons (Fsp3) is 0.625. The molecule has 24 heavy (non-hydrogen) atoms. The van der Waals surface area contributed by atoms with Crippen molar-refractivity contribution in [3.8, 4) is 0 Å². The molecule has 3 heterocycles. The molecule has 1 fully saturated rings. The van der Waals surface area contributed by atoms with Crippen molar-refractivity contribution in [1.29, 1.82) is 0 Å². The van der Waals surface area contributed by atoms with Gasteiger partial charge in [0.1, 0.15) is 12.7 Å². The Kier molecular flexibility index (Phi) is 5.58. The van der Waals surface area contributed by atoms with Crippen molar-refractivity contribution in [2.24, 2.45) is 0 Å². The summed E-state index contributed by atoms with van der Waals surface area (Å²) in [7, 11) is 0. The molecule has 8 heteroatoms. The zero-order chi connectivity index (χ0) is 16.8. The molecule has 0 atom stereocenters. The molecular weight excluding hydrogens is 306 g/mol. The number of aromatic nitrogens is 5. The van der Waals surface area contributed by atoms with Gasteiger partial charge in [0.2, 0.25) is 5.91 Å². The van der Waals surface area contributed by atoms with Gasteiger partial charge in [-0.25, -0.2) is 0 Å². The minimum atomic E-state index is 0.212. The summed E-state index contributed by atoms with van der Waals surface area (Å²) in [6.07, 6.45) is 8.85. The third kappa shape index (κ3) is 4.41. The number of amides is 1. The monoisotopic (exact) mass is 331 g/mol. The molecular formula is C16H25N7O. The smallest absolute Gasteiger partial charge is 0.224 e. The second-order valence-corrected chi connectivity index (χ2v) is 6.16. The summed E-state index contributed by atoms with van der Waals surface area (Å²) in [4.78, 5) is 16.8. The van der Waals surface area contributed by atoms with E-state index in [1.165, 1.54) is 5.56 Å². The van der Waals surface area contributed by atoms with Crippen LogP contribution in [0.4, 0.5) is 0 Å². The Morgan fingerprint density at radius 2 is 2.00 bits per heavy atom. The Balaban J connectivity index is 1.46. The standard InChI is InChI=1S/C16H25N7O/c1-2-23-12-15(10-19-23)11-20-5-3-6-22(9-8-20)16(24)4-7-21-13-17-18-14-21/h10,12-14H,2-9,11H2,1H3.